The van der Waals surface area contributed by atoms with Crippen LogP contribution in [0.1, 0.15) is 33.1 Å². The number of hydrogen-bond donors (Lipinski definition) is 0. The molecule has 0 rings (SSSR count). The SMILES string of the molecule is CCCC/C=C(\C)C(=O)[O-]. The van der Waals surface area contributed by atoms with Crippen LogP contribution in [-0.4, -0.2) is 5.97 Å². The molecular weight excluding hydrogens is 128 g/mol. The second kappa shape index (κ2) is 5.03. The number of hydrogen-bond acceptors (Lipinski definition) is 2. The Hall–Kier alpha value is -0.790. The van der Waals surface area contributed by atoms with Gasteiger partial charge in [-0.05, 0) is 18.9 Å². The minimum absolute atomic E-state index is 0.341. The van der Waals surface area contributed by atoms with E-state index in [9.17, 15) is 9.90 Å². The Morgan fingerprint density at radius 1 is 1.60 bits per heavy atom. The second-order valence-corrected chi connectivity index (χ2v) is 2.32. The summed E-state index contributed by atoms with van der Waals surface area (Å²) in [5.41, 5.74) is 0.341. The molecule has 2 heteroatoms. The van der Waals surface area contributed by atoms with Gasteiger partial charge in [-0.25, -0.2) is 0 Å². The zero-order chi connectivity index (χ0) is 7.98. The molecular formula is C8H13O2-. The van der Waals surface area contributed by atoms with Gasteiger partial charge in [0.15, 0.2) is 0 Å². The molecule has 0 aromatic carbocycles. The summed E-state index contributed by atoms with van der Waals surface area (Å²) < 4.78 is 0. The summed E-state index contributed by atoms with van der Waals surface area (Å²) in [4.78, 5) is 10.1. The first-order valence-corrected chi connectivity index (χ1v) is 3.56. The van der Waals surface area contributed by atoms with E-state index >= 15 is 0 Å². The zero-order valence-corrected chi connectivity index (χ0v) is 6.52. The minimum Gasteiger partial charge on any atom is -0.545 e. The number of carbonyl (C=O) groups excluding carboxylic acids is 1. The maximum Gasteiger partial charge on any atom is 0.0668 e. The summed E-state index contributed by atoms with van der Waals surface area (Å²) in [5, 5.41) is 10.1. The van der Waals surface area contributed by atoms with Crippen molar-refractivity contribution in [2.75, 3.05) is 0 Å². The molecule has 0 heterocycles. The van der Waals surface area contributed by atoms with Crippen LogP contribution in [0.15, 0.2) is 11.6 Å². The minimum atomic E-state index is -1.06. The summed E-state index contributed by atoms with van der Waals surface area (Å²) >= 11 is 0. The van der Waals surface area contributed by atoms with Gasteiger partial charge < -0.3 is 9.90 Å². The number of unbranched alkanes of at least 4 members (excludes halogenated alkanes) is 2. The normalized spacial score (nSPS) is 11.6. The molecule has 0 aromatic heterocycles. The molecule has 0 saturated carbocycles. The molecule has 2 nitrogen and oxygen atoms in total. The van der Waals surface area contributed by atoms with E-state index in [1.807, 2.05) is 0 Å². The highest BCUT2D eigenvalue weighted by Gasteiger charge is 1.86. The van der Waals surface area contributed by atoms with Gasteiger partial charge in [0.25, 0.3) is 0 Å². The molecule has 0 aliphatic rings. The van der Waals surface area contributed by atoms with Crippen molar-refractivity contribution < 1.29 is 9.90 Å². The van der Waals surface area contributed by atoms with E-state index in [1.165, 1.54) is 0 Å². The van der Waals surface area contributed by atoms with Crippen molar-refractivity contribution in [3.63, 3.8) is 0 Å². The Morgan fingerprint density at radius 2 is 2.20 bits per heavy atom. The molecule has 0 saturated heterocycles. The van der Waals surface area contributed by atoms with Crippen LogP contribution in [0.5, 0.6) is 0 Å². The molecule has 10 heavy (non-hydrogen) atoms. The Balaban J connectivity index is 3.58. The van der Waals surface area contributed by atoms with E-state index in [1.54, 1.807) is 13.0 Å². The van der Waals surface area contributed by atoms with E-state index in [-0.39, 0.29) is 0 Å². The Bertz CT molecular complexity index is 136. The van der Waals surface area contributed by atoms with Gasteiger partial charge in [-0.15, -0.1) is 0 Å². The Labute approximate surface area is 61.6 Å². The highest BCUT2D eigenvalue weighted by molar-refractivity contribution is 5.83. The lowest BCUT2D eigenvalue weighted by Crippen LogP contribution is -2.22. The fraction of sp³-hybridized carbons (Fsp3) is 0.625. The van der Waals surface area contributed by atoms with Gasteiger partial charge in [-0.2, -0.15) is 0 Å². The average Bonchev–Trinajstić information content (AvgIpc) is 1.88. The molecule has 0 aliphatic carbocycles. The Kier molecular flexibility index (Phi) is 4.63. The lowest BCUT2D eigenvalue weighted by atomic mass is 10.2. The summed E-state index contributed by atoms with van der Waals surface area (Å²) in [6.45, 7) is 3.63. The van der Waals surface area contributed by atoms with Gasteiger partial charge in [0.05, 0.1) is 5.97 Å². The predicted molar refractivity (Wildman–Crippen MR) is 38.3 cm³/mol. The smallest absolute Gasteiger partial charge is 0.0668 e. The molecule has 0 bridgehead atoms. The quantitative estimate of drug-likeness (QED) is 0.430. The van der Waals surface area contributed by atoms with Crippen LogP contribution in [-0.2, 0) is 4.79 Å². The first-order chi connectivity index (χ1) is 4.68. The van der Waals surface area contributed by atoms with Crippen LogP contribution in [0.4, 0.5) is 0 Å². The molecule has 0 radical (unpaired) electrons. The number of carbonyl (C=O) groups is 1. The van der Waals surface area contributed by atoms with E-state index in [0.29, 0.717) is 5.57 Å². The molecule has 0 N–H and O–H groups in total. The van der Waals surface area contributed by atoms with Crippen LogP contribution in [0.3, 0.4) is 0 Å². The fourth-order valence-electron chi connectivity index (χ4n) is 0.606. The molecule has 0 amide bonds. The third-order valence-corrected chi connectivity index (χ3v) is 1.33. The van der Waals surface area contributed by atoms with Crippen molar-refractivity contribution in [1.82, 2.24) is 0 Å². The van der Waals surface area contributed by atoms with Crippen LogP contribution in [0, 0.1) is 0 Å². The number of aliphatic carboxylic acids is 1. The lowest BCUT2D eigenvalue weighted by molar-refractivity contribution is -0.299. The Morgan fingerprint density at radius 3 is 2.60 bits per heavy atom. The van der Waals surface area contributed by atoms with Gasteiger partial charge in [0, 0.05) is 0 Å². The lowest BCUT2D eigenvalue weighted by Gasteiger charge is -1.99. The van der Waals surface area contributed by atoms with Crippen LogP contribution < -0.4 is 5.11 Å². The number of allylic oxidation sites excluding steroid dienone is 1. The first kappa shape index (κ1) is 9.21. The number of carboxylic acid groups (broad SMARTS) is 1. The van der Waals surface area contributed by atoms with Crippen molar-refractivity contribution in [1.29, 1.82) is 0 Å². The maximum absolute atomic E-state index is 10.1. The summed E-state index contributed by atoms with van der Waals surface area (Å²) in [6.07, 6.45) is 4.69. The molecule has 58 valence electrons. The van der Waals surface area contributed by atoms with Crippen molar-refractivity contribution in [2.45, 2.75) is 33.1 Å². The van der Waals surface area contributed by atoms with Crippen molar-refractivity contribution in [3.8, 4) is 0 Å². The van der Waals surface area contributed by atoms with Crippen molar-refractivity contribution >= 4 is 5.97 Å². The highest BCUT2D eigenvalue weighted by Crippen LogP contribution is 1.99. The van der Waals surface area contributed by atoms with E-state index < -0.39 is 5.97 Å². The van der Waals surface area contributed by atoms with Gasteiger partial charge in [-0.3, -0.25) is 0 Å². The number of carboxylic acids is 1. The van der Waals surface area contributed by atoms with Crippen LogP contribution >= 0.6 is 0 Å². The predicted octanol–water partition coefficient (Wildman–Crippen LogP) is 0.873. The largest absolute Gasteiger partial charge is 0.545 e. The average molecular weight is 141 g/mol. The van der Waals surface area contributed by atoms with Crippen LogP contribution in [0.2, 0.25) is 0 Å². The molecule has 0 unspecified atom stereocenters. The van der Waals surface area contributed by atoms with E-state index in [4.69, 9.17) is 0 Å². The molecule has 0 spiro atoms. The summed E-state index contributed by atoms with van der Waals surface area (Å²) in [5.74, 6) is -1.06. The molecule has 0 fully saturated rings. The second-order valence-electron chi connectivity index (χ2n) is 2.32. The number of rotatable bonds is 4. The fourth-order valence-corrected chi connectivity index (χ4v) is 0.606. The third kappa shape index (κ3) is 4.13. The molecule has 0 aliphatic heterocycles. The summed E-state index contributed by atoms with van der Waals surface area (Å²) in [7, 11) is 0. The van der Waals surface area contributed by atoms with Gasteiger partial charge in [0.2, 0.25) is 0 Å². The van der Waals surface area contributed by atoms with Crippen LogP contribution in [0.25, 0.3) is 0 Å². The first-order valence-electron chi connectivity index (χ1n) is 3.56. The maximum atomic E-state index is 10.1. The molecule has 0 atom stereocenters. The zero-order valence-electron chi connectivity index (χ0n) is 6.52. The van der Waals surface area contributed by atoms with E-state index in [2.05, 4.69) is 6.92 Å². The van der Waals surface area contributed by atoms with Crippen molar-refractivity contribution in [3.05, 3.63) is 11.6 Å². The topological polar surface area (TPSA) is 40.1 Å². The van der Waals surface area contributed by atoms with Gasteiger partial charge in [0.1, 0.15) is 0 Å². The summed E-state index contributed by atoms with van der Waals surface area (Å²) in [6, 6.07) is 0. The van der Waals surface area contributed by atoms with Gasteiger partial charge in [-0.1, -0.05) is 25.8 Å². The highest BCUT2D eigenvalue weighted by atomic mass is 16.4. The van der Waals surface area contributed by atoms with Gasteiger partial charge >= 0.3 is 0 Å². The van der Waals surface area contributed by atoms with E-state index in [0.717, 1.165) is 19.3 Å². The third-order valence-electron chi connectivity index (χ3n) is 1.33. The standard InChI is InChI=1S/C8H14O2/c1-3-4-5-6-7(2)8(9)10/h6H,3-5H2,1-2H3,(H,9,10)/p-1/b7-6+. The van der Waals surface area contributed by atoms with Crippen molar-refractivity contribution in [2.24, 2.45) is 0 Å². The molecule has 0 aromatic rings. The monoisotopic (exact) mass is 141 g/mol.